The molecule has 0 radical (unpaired) electrons. The number of hydrogen-bond donors (Lipinski definition) is 1. The van der Waals surface area contributed by atoms with Crippen molar-refractivity contribution in [3.63, 3.8) is 0 Å². The van der Waals surface area contributed by atoms with E-state index >= 15 is 0 Å². The molecule has 1 unspecified atom stereocenters. The summed E-state index contributed by atoms with van der Waals surface area (Å²) in [4.78, 5) is 10.9. The molecule has 0 spiro atoms. The number of hydrogen-bond acceptors (Lipinski definition) is 3. The predicted molar refractivity (Wildman–Crippen MR) is 101 cm³/mol. The first-order valence-corrected chi connectivity index (χ1v) is 11.4. The number of sulfone groups is 1. The zero-order chi connectivity index (χ0) is 18.3. The van der Waals surface area contributed by atoms with Crippen molar-refractivity contribution in [2.24, 2.45) is 0 Å². The summed E-state index contributed by atoms with van der Waals surface area (Å²) in [5, 5.41) is 7.68. The van der Waals surface area contributed by atoms with Crippen molar-refractivity contribution in [1.29, 1.82) is 0 Å². The molecular formula is C19H36O4S. The quantitative estimate of drug-likeness (QED) is 0.306. The van der Waals surface area contributed by atoms with Crippen LogP contribution in [0.4, 0.5) is 0 Å². The lowest BCUT2D eigenvalue weighted by molar-refractivity contribution is -0.136. The molecule has 0 bridgehead atoms. The Morgan fingerprint density at radius 1 is 0.875 bits per heavy atom. The van der Waals surface area contributed by atoms with Gasteiger partial charge in [-0.2, -0.15) is 0 Å². The number of carboxylic acid groups (broad SMARTS) is 1. The summed E-state index contributed by atoms with van der Waals surface area (Å²) in [5.74, 6) is -1.23. The average molecular weight is 361 g/mol. The maximum Gasteiger partial charge on any atom is 0.321 e. The molecule has 0 aliphatic rings. The number of allylic oxidation sites excluding steroid dienone is 2. The fourth-order valence-corrected chi connectivity index (χ4v) is 3.71. The van der Waals surface area contributed by atoms with Crippen molar-refractivity contribution in [2.75, 3.05) is 6.26 Å². The second-order valence-electron chi connectivity index (χ2n) is 6.68. The number of unbranched alkanes of at least 4 members (excludes halogenated alkanes) is 10. The Morgan fingerprint density at radius 3 is 1.79 bits per heavy atom. The van der Waals surface area contributed by atoms with E-state index in [1.807, 2.05) is 0 Å². The molecule has 24 heavy (non-hydrogen) atoms. The van der Waals surface area contributed by atoms with E-state index in [1.165, 1.54) is 44.9 Å². The second-order valence-corrected chi connectivity index (χ2v) is 8.90. The number of aliphatic carboxylic acids is 1. The molecule has 0 rings (SSSR count). The highest BCUT2D eigenvalue weighted by Gasteiger charge is 2.27. The fourth-order valence-electron chi connectivity index (χ4n) is 2.74. The van der Waals surface area contributed by atoms with Crippen LogP contribution in [0.5, 0.6) is 0 Å². The monoisotopic (exact) mass is 360 g/mol. The molecule has 0 amide bonds. The summed E-state index contributed by atoms with van der Waals surface area (Å²) in [6, 6.07) is 0. The summed E-state index contributed by atoms with van der Waals surface area (Å²) >= 11 is 0. The third-order valence-electron chi connectivity index (χ3n) is 4.27. The first-order valence-electron chi connectivity index (χ1n) is 9.46. The lowest BCUT2D eigenvalue weighted by atomic mass is 10.1. The molecule has 1 N–H and O–H groups in total. The molecule has 0 heterocycles. The maximum absolute atomic E-state index is 11.3. The van der Waals surface area contributed by atoms with Gasteiger partial charge in [0.25, 0.3) is 0 Å². The van der Waals surface area contributed by atoms with Gasteiger partial charge in [0, 0.05) is 6.26 Å². The van der Waals surface area contributed by atoms with Crippen LogP contribution in [0.1, 0.15) is 90.4 Å². The van der Waals surface area contributed by atoms with Crippen LogP contribution in [0.15, 0.2) is 12.2 Å². The molecule has 0 saturated heterocycles. The summed E-state index contributed by atoms with van der Waals surface area (Å²) in [7, 11) is -3.49. The van der Waals surface area contributed by atoms with Gasteiger partial charge < -0.3 is 5.11 Å². The first-order chi connectivity index (χ1) is 11.4. The number of carboxylic acids is 1. The Labute approximate surface area is 148 Å². The van der Waals surface area contributed by atoms with Crippen molar-refractivity contribution in [3.05, 3.63) is 12.2 Å². The van der Waals surface area contributed by atoms with Crippen molar-refractivity contribution in [3.8, 4) is 0 Å². The van der Waals surface area contributed by atoms with Gasteiger partial charge in [-0.3, -0.25) is 4.79 Å². The molecule has 0 aromatic heterocycles. The van der Waals surface area contributed by atoms with E-state index in [-0.39, 0.29) is 6.42 Å². The Hall–Kier alpha value is -0.840. The second kappa shape index (κ2) is 14.5. The highest BCUT2D eigenvalue weighted by Crippen LogP contribution is 2.13. The van der Waals surface area contributed by atoms with Crippen molar-refractivity contribution in [2.45, 2.75) is 95.6 Å². The van der Waals surface area contributed by atoms with Gasteiger partial charge in [0.2, 0.25) is 0 Å². The molecule has 0 aromatic carbocycles. The smallest absolute Gasteiger partial charge is 0.321 e. The maximum atomic E-state index is 11.3. The van der Waals surface area contributed by atoms with Crippen LogP contribution in [-0.2, 0) is 14.6 Å². The fraction of sp³-hybridized carbons (Fsp3) is 0.842. The molecule has 5 heteroatoms. The summed E-state index contributed by atoms with van der Waals surface area (Å²) < 4.78 is 22.7. The SMILES string of the molecule is CCCCCCCC/C=C\CCCCCCC(C(=O)O)S(C)(=O)=O. The van der Waals surface area contributed by atoms with Crippen LogP contribution >= 0.6 is 0 Å². The Morgan fingerprint density at radius 2 is 1.33 bits per heavy atom. The largest absolute Gasteiger partial charge is 0.480 e. The van der Waals surface area contributed by atoms with Gasteiger partial charge in [0.15, 0.2) is 15.1 Å². The molecule has 142 valence electrons. The van der Waals surface area contributed by atoms with E-state index in [1.54, 1.807) is 0 Å². The molecule has 0 fully saturated rings. The van der Waals surface area contributed by atoms with Crippen molar-refractivity contribution in [1.82, 2.24) is 0 Å². The minimum Gasteiger partial charge on any atom is -0.480 e. The van der Waals surface area contributed by atoms with Crippen LogP contribution in [0.25, 0.3) is 0 Å². The Balaban J connectivity index is 3.50. The summed E-state index contributed by atoms with van der Waals surface area (Å²) in [5.41, 5.74) is 0. The van der Waals surface area contributed by atoms with Crippen LogP contribution < -0.4 is 0 Å². The van der Waals surface area contributed by atoms with Gasteiger partial charge in [-0.25, -0.2) is 8.42 Å². The highest BCUT2D eigenvalue weighted by atomic mass is 32.2. The first kappa shape index (κ1) is 23.2. The third kappa shape index (κ3) is 13.6. The van der Waals surface area contributed by atoms with Gasteiger partial charge in [-0.15, -0.1) is 0 Å². The van der Waals surface area contributed by atoms with Crippen LogP contribution in [0.3, 0.4) is 0 Å². The Bertz CT molecular complexity index is 440. The average Bonchev–Trinajstić information content (AvgIpc) is 2.49. The lowest BCUT2D eigenvalue weighted by Crippen LogP contribution is -2.29. The van der Waals surface area contributed by atoms with E-state index in [0.29, 0.717) is 6.42 Å². The van der Waals surface area contributed by atoms with Gasteiger partial charge in [0.05, 0.1) is 0 Å². The van der Waals surface area contributed by atoms with E-state index in [4.69, 9.17) is 5.11 Å². The van der Waals surface area contributed by atoms with Crippen LogP contribution in [0.2, 0.25) is 0 Å². The molecule has 0 aliphatic heterocycles. The van der Waals surface area contributed by atoms with Crippen LogP contribution in [-0.4, -0.2) is 31.0 Å². The highest BCUT2D eigenvalue weighted by molar-refractivity contribution is 7.92. The molecule has 1 atom stereocenters. The van der Waals surface area contributed by atoms with Gasteiger partial charge in [-0.05, 0) is 32.1 Å². The van der Waals surface area contributed by atoms with Crippen LogP contribution in [0, 0.1) is 0 Å². The molecule has 0 saturated carbocycles. The zero-order valence-electron chi connectivity index (χ0n) is 15.5. The topological polar surface area (TPSA) is 71.4 Å². The lowest BCUT2D eigenvalue weighted by Gasteiger charge is -2.09. The van der Waals surface area contributed by atoms with E-state index in [2.05, 4.69) is 19.1 Å². The standard InChI is InChI=1S/C19H36O4S/c1-3-4-5-6-7-8-9-10-11-12-13-14-15-16-17-18(19(20)21)24(2,22)23/h10-11,18H,3-9,12-17H2,1-2H3,(H,20,21)/b11-10-. The summed E-state index contributed by atoms with van der Waals surface area (Å²) in [6.45, 7) is 2.24. The van der Waals surface area contributed by atoms with Crippen molar-refractivity contribution < 1.29 is 18.3 Å². The zero-order valence-corrected chi connectivity index (χ0v) is 16.3. The van der Waals surface area contributed by atoms with Gasteiger partial charge in [-0.1, -0.05) is 70.4 Å². The van der Waals surface area contributed by atoms with E-state index < -0.39 is 21.1 Å². The molecular weight excluding hydrogens is 324 g/mol. The minimum absolute atomic E-state index is 0.224. The number of rotatable bonds is 16. The van der Waals surface area contributed by atoms with Gasteiger partial charge >= 0.3 is 5.97 Å². The molecule has 0 aromatic rings. The number of carbonyl (C=O) groups is 1. The van der Waals surface area contributed by atoms with E-state index in [0.717, 1.165) is 31.9 Å². The van der Waals surface area contributed by atoms with Gasteiger partial charge in [0.1, 0.15) is 0 Å². The minimum atomic E-state index is -3.49. The molecule has 4 nitrogen and oxygen atoms in total. The normalized spacial score (nSPS) is 13.4. The predicted octanol–water partition coefficient (Wildman–Crippen LogP) is 5.13. The Kier molecular flexibility index (Phi) is 14.0. The molecule has 0 aliphatic carbocycles. The van der Waals surface area contributed by atoms with E-state index in [9.17, 15) is 13.2 Å². The third-order valence-corrected chi connectivity index (χ3v) is 5.74. The van der Waals surface area contributed by atoms with Crippen molar-refractivity contribution >= 4 is 15.8 Å². The summed E-state index contributed by atoms with van der Waals surface area (Å²) in [6.07, 6.45) is 19.6.